The SMILES string of the molecule is Cc1cc(Cl)cc(C(=O)NC(CO)c2ccco2)c1. The number of carbonyl (C=O) groups excluding carboxylic acids is 1. The number of hydrogen-bond donors (Lipinski definition) is 2. The first-order valence-corrected chi connectivity index (χ1v) is 6.20. The number of halogens is 1. The molecule has 0 saturated heterocycles. The molecule has 5 heteroatoms. The van der Waals surface area contributed by atoms with Gasteiger partial charge < -0.3 is 14.8 Å². The average Bonchev–Trinajstić information content (AvgIpc) is 2.88. The molecule has 0 bridgehead atoms. The predicted molar refractivity (Wildman–Crippen MR) is 72.2 cm³/mol. The van der Waals surface area contributed by atoms with Gasteiger partial charge in [-0.3, -0.25) is 4.79 Å². The lowest BCUT2D eigenvalue weighted by Crippen LogP contribution is -2.30. The normalized spacial score (nSPS) is 12.2. The van der Waals surface area contributed by atoms with Crippen molar-refractivity contribution >= 4 is 17.5 Å². The zero-order chi connectivity index (χ0) is 13.8. The smallest absolute Gasteiger partial charge is 0.252 e. The molecule has 0 radical (unpaired) electrons. The molecule has 1 heterocycles. The molecule has 1 aromatic carbocycles. The molecule has 0 aliphatic heterocycles. The van der Waals surface area contributed by atoms with Gasteiger partial charge in [-0.2, -0.15) is 0 Å². The Morgan fingerprint density at radius 2 is 2.26 bits per heavy atom. The third kappa shape index (κ3) is 3.36. The van der Waals surface area contributed by atoms with Gasteiger partial charge >= 0.3 is 0 Å². The number of amides is 1. The number of aliphatic hydroxyl groups excluding tert-OH is 1. The summed E-state index contributed by atoms with van der Waals surface area (Å²) in [6.07, 6.45) is 1.49. The van der Waals surface area contributed by atoms with E-state index in [2.05, 4.69) is 5.32 Å². The lowest BCUT2D eigenvalue weighted by Gasteiger charge is -2.14. The number of nitrogens with one attached hydrogen (secondary N) is 1. The van der Waals surface area contributed by atoms with Gasteiger partial charge in [0.2, 0.25) is 0 Å². The van der Waals surface area contributed by atoms with E-state index in [0.29, 0.717) is 16.3 Å². The molecule has 1 aromatic heterocycles. The standard InChI is InChI=1S/C14H14ClNO3/c1-9-5-10(7-11(15)6-9)14(18)16-12(8-17)13-3-2-4-19-13/h2-7,12,17H,8H2,1H3,(H,16,18). The van der Waals surface area contributed by atoms with Crippen LogP contribution in [0.15, 0.2) is 41.0 Å². The van der Waals surface area contributed by atoms with E-state index in [1.165, 1.54) is 6.26 Å². The molecular formula is C14H14ClNO3. The summed E-state index contributed by atoms with van der Waals surface area (Å²) in [4.78, 5) is 12.1. The van der Waals surface area contributed by atoms with Gasteiger partial charge in [0.1, 0.15) is 11.8 Å². The van der Waals surface area contributed by atoms with Gasteiger partial charge in [-0.1, -0.05) is 11.6 Å². The fraction of sp³-hybridized carbons (Fsp3) is 0.214. The Morgan fingerprint density at radius 3 is 2.84 bits per heavy atom. The van der Waals surface area contributed by atoms with Crippen molar-refractivity contribution in [3.8, 4) is 0 Å². The minimum atomic E-state index is -0.568. The molecule has 4 nitrogen and oxygen atoms in total. The van der Waals surface area contributed by atoms with Gasteiger partial charge in [-0.15, -0.1) is 0 Å². The Balaban J connectivity index is 2.15. The van der Waals surface area contributed by atoms with Crippen LogP contribution < -0.4 is 5.32 Å². The monoisotopic (exact) mass is 279 g/mol. The van der Waals surface area contributed by atoms with E-state index < -0.39 is 6.04 Å². The highest BCUT2D eigenvalue weighted by Gasteiger charge is 2.17. The maximum Gasteiger partial charge on any atom is 0.252 e. The Hall–Kier alpha value is -1.78. The Bertz CT molecular complexity index is 546. The number of benzene rings is 1. The van der Waals surface area contributed by atoms with Crippen molar-refractivity contribution < 1.29 is 14.3 Å². The molecule has 1 unspecified atom stereocenters. The van der Waals surface area contributed by atoms with Gasteiger partial charge in [0, 0.05) is 10.6 Å². The van der Waals surface area contributed by atoms with Gasteiger partial charge in [0.05, 0.1) is 12.9 Å². The highest BCUT2D eigenvalue weighted by atomic mass is 35.5. The van der Waals surface area contributed by atoms with E-state index >= 15 is 0 Å². The number of carbonyl (C=O) groups is 1. The van der Waals surface area contributed by atoms with Crippen LogP contribution in [0.5, 0.6) is 0 Å². The van der Waals surface area contributed by atoms with Crippen molar-refractivity contribution in [2.75, 3.05) is 6.61 Å². The molecule has 2 N–H and O–H groups in total. The lowest BCUT2D eigenvalue weighted by molar-refractivity contribution is 0.0907. The number of hydrogen-bond acceptors (Lipinski definition) is 3. The number of aliphatic hydroxyl groups is 1. The van der Waals surface area contributed by atoms with Crippen LogP contribution in [0.4, 0.5) is 0 Å². The lowest BCUT2D eigenvalue weighted by atomic mass is 10.1. The largest absolute Gasteiger partial charge is 0.467 e. The highest BCUT2D eigenvalue weighted by molar-refractivity contribution is 6.31. The van der Waals surface area contributed by atoms with Gasteiger partial charge in [0.15, 0.2) is 0 Å². The Kier molecular flexibility index (Phi) is 4.24. The summed E-state index contributed by atoms with van der Waals surface area (Å²) >= 11 is 5.92. The number of aryl methyl sites for hydroxylation is 1. The summed E-state index contributed by atoms with van der Waals surface area (Å²) in [5, 5.41) is 12.5. The predicted octanol–water partition coefficient (Wildman–Crippen LogP) is 2.70. The fourth-order valence-corrected chi connectivity index (χ4v) is 2.09. The molecule has 2 rings (SSSR count). The molecule has 0 aliphatic carbocycles. The molecular weight excluding hydrogens is 266 g/mol. The molecule has 19 heavy (non-hydrogen) atoms. The molecule has 2 aromatic rings. The van der Waals surface area contributed by atoms with Gasteiger partial charge in [-0.25, -0.2) is 0 Å². The zero-order valence-electron chi connectivity index (χ0n) is 10.4. The van der Waals surface area contributed by atoms with E-state index in [4.69, 9.17) is 16.0 Å². The quantitative estimate of drug-likeness (QED) is 0.904. The van der Waals surface area contributed by atoms with Crippen molar-refractivity contribution in [1.82, 2.24) is 5.32 Å². The third-order valence-corrected chi connectivity index (χ3v) is 2.90. The van der Waals surface area contributed by atoms with Crippen molar-refractivity contribution in [3.63, 3.8) is 0 Å². The van der Waals surface area contributed by atoms with E-state index in [9.17, 15) is 9.90 Å². The minimum absolute atomic E-state index is 0.237. The molecule has 0 spiro atoms. The minimum Gasteiger partial charge on any atom is -0.467 e. The maximum absolute atomic E-state index is 12.1. The van der Waals surface area contributed by atoms with Crippen molar-refractivity contribution in [2.45, 2.75) is 13.0 Å². The molecule has 0 aliphatic rings. The van der Waals surface area contributed by atoms with Crippen LogP contribution in [-0.4, -0.2) is 17.6 Å². The van der Waals surface area contributed by atoms with Crippen LogP contribution in [0.2, 0.25) is 5.02 Å². The summed E-state index contributed by atoms with van der Waals surface area (Å²) in [6, 6.07) is 7.92. The number of rotatable bonds is 4. The van der Waals surface area contributed by atoms with Crippen LogP contribution in [0.3, 0.4) is 0 Å². The van der Waals surface area contributed by atoms with Crippen LogP contribution in [0.1, 0.15) is 27.7 Å². The average molecular weight is 280 g/mol. The highest BCUT2D eigenvalue weighted by Crippen LogP contribution is 2.17. The molecule has 100 valence electrons. The van der Waals surface area contributed by atoms with Crippen LogP contribution in [-0.2, 0) is 0 Å². The van der Waals surface area contributed by atoms with E-state index in [1.807, 2.05) is 6.92 Å². The zero-order valence-corrected chi connectivity index (χ0v) is 11.1. The summed E-state index contributed by atoms with van der Waals surface area (Å²) < 4.78 is 5.17. The van der Waals surface area contributed by atoms with E-state index in [1.54, 1.807) is 30.3 Å². The molecule has 0 fully saturated rings. The van der Waals surface area contributed by atoms with Crippen molar-refractivity contribution in [3.05, 3.63) is 58.5 Å². The summed E-state index contributed by atoms with van der Waals surface area (Å²) in [5.41, 5.74) is 1.35. The topological polar surface area (TPSA) is 62.5 Å². The number of furan rings is 1. The second kappa shape index (κ2) is 5.91. The first kappa shape index (κ1) is 13.6. The van der Waals surface area contributed by atoms with Gasteiger partial charge in [0.25, 0.3) is 5.91 Å². The maximum atomic E-state index is 12.1. The second-order valence-corrected chi connectivity index (χ2v) is 4.68. The van der Waals surface area contributed by atoms with Crippen LogP contribution in [0, 0.1) is 6.92 Å². The van der Waals surface area contributed by atoms with Crippen LogP contribution in [0.25, 0.3) is 0 Å². The summed E-state index contributed by atoms with van der Waals surface area (Å²) in [5.74, 6) is 0.204. The fourth-order valence-electron chi connectivity index (χ4n) is 1.81. The van der Waals surface area contributed by atoms with Crippen LogP contribution >= 0.6 is 11.6 Å². The molecule has 1 atom stereocenters. The van der Waals surface area contributed by atoms with E-state index in [0.717, 1.165) is 5.56 Å². The second-order valence-electron chi connectivity index (χ2n) is 4.24. The van der Waals surface area contributed by atoms with Gasteiger partial charge in [-0.05, 0) is 42.8 Å². The first-order chi connectivity index (χ1) is 9.10. The molecule has 1 amide bonds. The van der Waals surface area contributed by atoms with E-state index in [-0.39, 0.29) is 12.5 Å². The summed E-state index contributed by atoms with van der Waals surface area (Å²) in [6.45, 7) is 1.62. The first-order valence-electron chi connectivity index (χ1n) is 5.82. The summed E-state index contributed by atoms with van der Waals surface area (Å²) in [7, 11) is 0. The third-order valence-electron chi connectivity index (χ3n) is 2.68. The van der Waals surface area contributed by atoms with Crippen molar-refractivity contribution in [2.24, 2.45) is 0 Å². The Morgan fingerprint density at radius 1 is 1.47 bits per heavy atom. The van der Waals surface area contributed by atoms with Crippen molar-refractivity contribution in [1.29, 1.82) is 0 Å². The molecule has 0 saturated carbocycles. The Labute approximate surface area is 116 Å².